The van der Waals surface area contributed by atoms with Gasteiger partial charge in [0.05, 0.1) is 29.7 Å². The minimum absolute atomic E-state index is 0.0535. The van der Waals surface area contributed by atoms with Gasteiger partial charge in [0.2, 0.25) is 11.9 Å². The van der Waals surface area contributed by atoms with E-state index in [0.29, 0.717) is 28.5 Å². The van der Waals surface area contributed by atoms with Crippen LogP contribution >= 0.6 is 0 Å². The molecule has 9 nitrogen and oxygen atoms in total. The lowest BCUT2D eigenvalue weighted by atomic mass is 9.92. The van der Waals surface area contributed by atoms with E-state index in [4.69, 9.17) is 4.74 Å². The summed E-state index contributed by atoms with van der Waals surface area (Å²) in [5.74, 6) is 1.04. The first kappa shape index (κ1) is 26.1. The molecule has 37 heavy (non-hydrogen) atoms. The van der Waals surface area contributed by atoms with Crippen molar-refractivity contribution in [1.82, 2.24) is 14.5 Å². The van der Waals surface area contributed by atoms with Gasteiger partial charge in [-0.3, -0.25) is 4.79 Å². The lowest BCUT2D eigenvalue weighted by molar-refractivity contribution is -0.129. The van der Waals surface area contributed by atoms with Crippen LogP contribution in [0.15, 0.2) is 54.7 Å². The van der Waals surface area contributed by atoms with Crippen molar-refractivity contribution in [1.29, 1.82) is 0 Å². The summed E-state index contributed by atoms with van der Waals surface area (Å²) in [4.78, 5) is 21.2. The average Bonchev–Trinajstić information content (AvgIpc) is 3.18. The molecule has 4 aromatic rings. The third-order valence-corrected chi connectivity index (χ3v) is 6.18. The number of amides is 1. The molecule has 0 spiro atoms. The van der Waals surface area contributed by atoms with E-state index in [2.05, 4.69) is 20.6 Å². The number of aliphatic hydroxyl groups is 2. The van der Waals surface area contributed by atoms with Crippen LogP contribution in [0.25, 0.3) is 11.0 Å². The van der Waals surface area contributed by atoms with Gasteiger partial charge in [-0.15, -0.1) is 0 Å². The number of carbonyl (C=O) groups is 1. The first-order valence-electron chi connectivity index (χ1n) is 11.8. The van der Waals surface area contributed by atoms with Crippen LogP contribution in [0.4, 0.5) is 21.8 Å². The molecule has 0 saturated heterocycles. The monoisotopic (exact) mass is 507 g/mol. The molecule has 2 aromatic carbocycles. The first-order chi connectivity index (χ1) is 17.6. The third kappa shape index (κ3) is 5.55. The highest BCUT2D eigenvalue weighted by Crippen LogP contribution is 2.30. The summed E-state index contributed by atoms with van der Waals surface area (Å²) in [6, 6.07) is 13.6. The second-order valence-corrected chi connectivity index (χ2v) is 9.47. The number of ether oxygens (including phenoxy) is 1. The van der Waals surface area contributed by atoms with E-state index < -0.39 is 24.5 Å². The number of aromatic nitrogens is 3. The zero-order valence-electron chi connectivity index (χ0n) is 21.1. The minimum Gasteiger partial charge on any atom is -0.457 e. The Labute approximate surface area is 213 Å². The van der Waals surface area contributed by atoms with Gasteiger partial charge in [0.1, 0.15) is 23.1 Å². The molecule has 1 amide bonds. The molecule has 2 aromatic heterocycles. The number of nitrogens with zero attached hydrogens (tertiary/aromatic N) is 3. The molecule has 0 unspecified atom stereocenters. The van der Waals surface area contributed by atoms with Crippen LogP contribution in [0.2, 0.25) is 0 Å². The molecule has 0 aliphatic heterocycles. The van der Waals surface area contributed by atoms with E-state index in [1.807, 2.05) is 31.5 Å². The predicted octanol–water partition coefficient (Wildman–Crippen LogP) is 4.70. The maximum atomic E-state index is 14.1. The number of fused-ring (bicyclic) bond motifs is 1. The summed E-state index contributed by atoms with van der Waals surface area (Å²) in [5, 5.41) is 24.7. The Kier molecular flexibility index (Phi) is 7.42. The number of pyridine rings is 1. The molecule has 2 heterocycles. The van der Waals surface area contributed by atoms with Crippen molar-refractivity contribution < 1.29 is 24.1 Å². The quantitative estimate of drug-likeness (QED) is 0.259. The van der Waals surface area contributed by atoms with E-state index in [-0.39, 0.29) is 17.6 Å². The van der Waals surface area contributed by atoms with Gasteiger partial charge in [0.25, 0.3) is 0 Å². The van der Waals surface area contributed by atoms with E-state index in [0.717, 1.165) is 11.2 Å². The largest absolute Gasteiger partial charge is 0.457 e. The number of aliphatic hydroxyl groups excluding tert-OH is 2. The van der Waals surface area contributed by atoms with Gasteiger partial charge in [-0.05, 0) is 54.8 Å². The van der Waals surface area contributed by atoms with Crippen molar-refractivity contribution in [3.05, 3.63) is 66.1 Å². The summed E-state index contributed by atoms with van der Waals surface area (Å²) >= 11 is 0. The van der Waals surface area contributed by atoms with Crippen LogP contribution in [0.3, 0.4) is 0 Å². The van der Waals surface area contributed by atoms with Crippen LogP contribution in [-0.4, -0.2) is 43.9 Å². The molecule has 194 valence electrons. The Morgan fingerprint density at radius 1 is 1.11 bits per heavy atom. The van der Waals surface area contributed by atoms with Gasteiger partial charge in [-0.1, -0.05) is 13.8 Å². The summed E-state index contributed by atoms with van der Waals surface area (Å²) in [6.45, 7) is 4.32. The SMILES string of the molecule is CC(C)c1cc(Nc2nc3cc(Oc4ccnc(NC(=O)C(C)(CO)CO)c4)ccc3n2C)ccc1F. The molecule has 0 aliphatic carbocycles. The number of carbonyl (C=O) groups excluding carboxylic acids is 1. The fourth-order valence-corrected chi connectivity index (χ4v) is 3.69. The topological polar surface area (TPSA) is 122 Å². The smallest absolute Gasteiger partial charge is 0.236 e. The predicted molar refractivity (Wildman–Crippen MR) is 140 cm³/mol. The maximum Gasteiger partial charge on any atom is 0.236 e. The zero-order chi connectivity index (χ0) is 26.7. The molecule has 10 heteroatoms. The number of nitrogens with one attached hydrogen (secondary N) is 2. The number of hydrogen-bond acceptors (Lipinski definition) is 7. The minimum atomic E-state index is -1.33. The van der Waals surface area contributed by atoms with Gasteiger partial charge < -0.3 is 30.2 Å². The second-order valence-electron chi connectivity index (χ2n) is 9.47. The van der Waals surface area contributed by atoms with Gasteiger partial charge in [-0.25, -0.2) is 14.4 Å². The molecule has 4 N–H and O–H groups in total. The number of hydrogen-bond donors (Lipinski definition) is 4. The molecule has 4 rings (SSSR count). The number of anilines is 3. The molecule has 0 fully saturated rings. The van der Waals surface area contributed by atoms with Gasteiger partial charge in [-0.2, -0.15) is 0 Å². The zero-order valence-corrected chi connectivity index (χ0v) is 21.1. The van der Waals surface area contributed by atoms with Gasteiger partial charge in [0.15, 0.2) is 0 Å². The Morgan fingerprint density at radius 2 is 1.84 bits per heavy atom. The summed E-state index contributed by atoms with van der Waals surface area (Å²) in [5.41, 5.74) is 1.60. The molecule has 0 bridgehead atoms. The van der Waals surface area contributed by atoms with Gasteiger partial charge in [0, 0.05) is 31.1 Å². The van der Waals surface area contributed by atoms with E-state index >= 15 is 0 Å². The van der Waals surface area contributed by atoms with Crippen LogP contribution in [0, 0.1) is 11.2 Å². The fourth-order valence-electron chi connectivity index (χ4n) is 3.69. The van der Waals surface area contributed by atoms with Crippen molar-refractivity contribution in [3.8, 4) is 11.5 Å². The van der Waals surface area contributed by atoms with Crippen molar-refractivity contribution >= 4 is 34.4 Å². The fraction of sp³-hybridized carbons (Fsp3) is 0.296. The first-order valence-corrected chi connectivity index (χ1v) is 11.8. The average molecular weight is 508 g/mol. The van der Waals surface area contributed by atoms with Crippen LogP contribution in [0.5, 0.6) is 11.5 Å². The highest BCUT2D eigenvalue weighted by atomic mass is 19.1. The lowest BCUT2D eigenvalue weighted by Crippen LogP contribution is -2.40. The van der Waals surface area contributed by atoms with Crippen molar-refractivity contribution in [3.63, 3.8) is 0 Å². The number of benzene rings is 2. The number of halogens is 1. The van der Waals surface area contributed by atoms with E-state index in [1.165, 1.54) is 19.2 Å². The molecule has 0 aliphatic rings. The number of aryl methyl sites for hydroxylation is 1. The normalized spacial score (nSPS) is 11.7. The second kappa shape index (κ2) is 10.5. The number of imidazole rings is 1. The molecule has 0 saturated carbocycles. The molecule has 0 atom stereocenters. The van der Waals surface area contributed by atoms with Crippen molar-refractivity contribution in [2.45, 2.75) is 26.7 Å². The molecule has 0 radical (unpaired) electrons. The summed E-state index contributed by atoms with van der Waals surface area (Å²) in [7, 11) is 1.88. The van der Waals surface area contributed by atoms with Crippen LogP contribution < -0.4 is 15.4 Å². The Balaban J connectivity index is 1.53. The standard InChI is InChI=1S/C27H30FN5O4/c1-16(2)20-11-17(5-7-21(20)28)30-26-31-22-12-18(6-8-23(22)33(26)4)37-19-9-10-29-24(13-19)32-25(36)27(3,14-34)15-35/h5-13,16,34-35H,14-15H2,1-4H3,(H,30,31)(H,29,32,36). The van der Waals surface area contributed by atoms with Crippen molar-refractivity contribution in [2.24, 2.45) is 12.5 Å². The highest BCUT2D eigenvalue weighted by molar-refractivity contribution is 5.94. The Bertz CT molecular complexity index is 1430. The van der Waals surface area contributed by atoms with Crippen LogP contribution in [-0.2, 0) is 11.8 Å². The summed E-state index contributed by atoms with van der Waals surface area (Å²) < 4.78 is 22.0. The molecular formula is C27H30FN5O4. The molecular weight excluding hydrogens is 477 g/mol. The van der Waals surface area contributed by atoms with Crippen molar-refractivity contribution in [2.75, 3.05) is 23.8 Å². The van der Waals surface area contributed by atoms with Crippen LogP contribution in [0.1, 0.15) is 32.3 Å². The summed E-state index contributed by atoms with van der Waals surface area (Å²) in [6.07, 6.45) is 1.48. The Morgan fingerprint density at radius 3 is 2.54 bits per heavy atom. The van der Waals surface area contributed by atoms with Gasteiger partial charge >= 0.3 is 0 Å². The van der Waals surface area contributed by atoms with E-state index in [9.17, 15) is 19.4 Å². The van der Waals surface area contributed by atoms with E-state index in [1.54, 1.807) is 36.4 Å². The number of rotatable bonds is 9. The highest BCUT2D eigenvalue weighted by Gasteiger charge is 2.32. The Hall–Kier alpha value is -4.02. The maximum absolute atomic E-state index is 14.1. The third-order valence-electron chi connectivity index (χ3n) is 6.18. The lowest BCUT2D eigenvalue weighted by Gasteiger charge is -2.22.